The van der Waals surface area contributed by atoms with Crippen molar-refractivity contribution in [3.05, 3.63) is 40.7 Å². The van der Waals surface area contributed by atoms with Crippen LogP contribution in [0.15, 0.2) is 22.7 Å². The summed E-state index contributed by atoms with van der Waals surface area (Å²) in [5.41, 5.74) is 0.544. The Labute approximate surface area is 103 Å². The number of carbonyl (C=O) groups excluding carboxylic acids is 1. The molecule has 0 fully saturated rings. The van der Waals surface area contributed by atoms with Crippen molar-refractivity contribution in [3.8, 4) is 0 Å². The Kier molecular flexibility index (Phi) is 3.10. The van der Waals surface area contributed by atoms with Crippen LogP contribution in [0.1, 0.15) is 22.1 Å². The lowest BCUT2D eigenvalue weighted by molar-refractivity contribution is 0.0994. The standard InChI is InChI=1S/C11H10ClN3O2/c1-6-10(17-7(2)14-6)11(16)15-9-5-8(12)3-4-13-9/h3-5H,1-2H3,(H,13,15,16). The Morgan fingerprint density at radius 3 is 2.82 bits per heavy atom. The van der Waals surface area contributed by atoms with E-state index < -0.39 is 5.91 Å². The van der Waals surface area contributed by atoms with E-state index in [9.17, 15) is 4.79 Å². The van der Waals surface area contributed by atoms with Gasteiger partial charge in [-0.15, -0.1) is 0 Å². The number of oxazole rings is 1. The molecule has 0 spiro atoms. The smallest absolute Gasteiger partial charge is 0.294 e. The van der Waals surface area contributed by atoms with E-state index in [0.29, 0.717) is 22.4 Å². The average molecular weight is 252 g/mol. The summed E-state index contributed by atoms with van der Waals surface area (Å²) in [6.45, 7) is 3.39. The number of amides is 1. The lowest BCUT2D eigenvalue weighted by Crippen LogP contribution is -2.13. The third-order valence-corrected chi connectivity index (χ3v) is 2.31. The molecule has 2 aromatic rings. The quantitative estimate of drug-likeness (QED) is 0.891. The summed E-state index contributed by atoms with van der Waals surface area (Å²) in [6.07, 6.45) is 1.51. The van der Waals surface area contributed by atoms with Crippen molar-refractivity contribution in [2.75, 3.05) is 5.32 Å². The normalized spacial score (nSPS) is 10.3. The van der Waals surface area contributed by atoms with Crippen LogP contribution in [0, 0.1) is 13.8 Å². The molecule has 0 saturated carbocycles. The fourth-order valence-electron chi connectivity index (χ4n) is 1.39. The first kappa shape index (κ1) is 11.6. The molecule has 0 unspecified atom stereocenters. The Morgan fingerprint density at radius 2 is 2.24 bits per heavy atom. The first-order chi connectivity index (χ1) is 8.06. The van der Waals surface area contributed by atoms with Crippen molar-refractivity contribution in [2.24, 2.45) is 0 Å². The number of hydrogen-bond acceptors (Lipinski definition) is 4. The van der Waals surface area contributed by atoms with Crippen LogP contribution in [0.5, 0.6) is 0 Å². The zero-order valence-corrected chi connectivity index (χ0v) is 10.1. The number of anilines is 1. The van der Waals surface area contributed by atoms with Crippen molar-refractivity contribution in [1.29, 1.82) is 0 Å². The average Bonchev–Trinajstić information content (AvgIpc) is 2.58. The third-order valence-electron chi connectivity index (χ3n) is 2.07. The minimum absolute atomic E-state index is 0.185. The summed E-state index contributed by atoms with van der Waals surface area (Å²) in [5, 5.41) is 3.09. The van der Waals surface area contributed by atoms with Gasteiger partial charge < -0.3 is 9.73 Å². The summed E-state index contributed by atoms with van der Waals surface area (Å²) in [7, 11) is 0. The highest BCUT2D eigenvalue weighted by molar-refractivity contribution is 6.30. The van der Waals surface area contributed by atoms with E-state index >= 15 is 0 Å². The Morgan fingerprint density at radius 1 is 1.47 bits per heavy atom. The van der Waals surface area contributed by atoms with E-state index in [1.54, 1.807) is 26.0 Å². The van der Waals surface area contributed by atoms with Gasteiger partial charge in [-0.3, -0.25) is 4.79 Å². The highest BCUT2D eigenvalue weighted by Gasteiger charge is 2.16. The van der Waals surface area contributed by atoms with Gasteiger partial charge in [0.1, 0.15) is 5.82 Å². The summed E-state index contributed by atoms with van der Waals surface area (Å²) < 4.78 is 5.19. The molecule has 0 bridgehead atoms. The minimum atomic E-state index is -0.391. The first-order valence-electron chi connectivity index (χ1n) is 4.93. The van der Waals surface area contributed by atoms with E-state index in [1.807, 2.05) is 0 Å². The van der Waals surface area contributed by atoms with Gasteiger partial charge in [-0.2, -0.15) is 0 Å². The summed E-state index contributed by atoms with van der Waals surface area (Å²) in [6, 6.07) is 3.18. The minimum Gasteiger partial charge on any atom is -0.436 e. The molecule has 2 aromatic heterocycles. The number of hydrogen-bond donors (Lipinski definition) is 1. The molecule has 0 aromatic carbocycles. The predicted molar refractivity (Wildman–Crippen MR) is 63.2 cm³/mol. The maximum absolute atomic E-state index is 11.8. The molecular formula is C11H10ClN3O2. The largest absolute Gasteiger partial charge is 0.436 e. The Balaban J connectivity index is 2.20. The summed E-state index contributed by atoms with van der Waals surface area (Å²) >= 11 is 5.78. The molecule has 1 N–H and O–H groups in total. The number of nitrogens with zero attached hydrogens (tertiary/aromatic N) is 2. The van der Waals surface area contributed by atoms with Crippen molar-refractivity contribution < 1.29 is 9.21 Å². The topological polar surface area (TPSA) is 68.0 Å². The van der Waals surface area contributed by atoms with Crippen LogP contribution < -0.4 is 5.32 Å². The highest BCUT2D eigenvalue weighted by Crippen LogP contribution is 2.15. The highest BCUT2D eigenvalue weighted by atomic mass is 35.5. The maximum Gasteiger partial charge on any atom is 0.294 e. The van der Waals surface area contributed by atoms with E-state index in [0.717, 1.165) is 0 Å². The van der Waals surface area contributed by atoms with Gasteiger partial charge in [-0.25, -0.2) is 9.97 Å². The second kappa shape index (κ2) is 4.55. The monoisotopic (exact) mass is 251 g/mol. The van der Waals surface area contributed by atoms with Crippen LogP contribution in [-0.2, 0) is 0 Å². The third kappa shape index (κ3) is 2.62. The summed E-state index contributed by atoms with van der Waals surface area (Å²) in [5.74, 6) is 0.616. The molecule has 0 atom stereocenters. The van der Waals surface area contributed by atoms with Gasteiger partial charge in [0, 0.05) is 18.1 Å². The SMILES string of the molecule is Cc1nc(C)c(C(=O)Nc2cc(Cl)ccn2)o1. The molecular weight excluding hydrogens is 242 g/mol. The molecule has 5 nitrogen and oxygen atoms in total. The van der Waals surface area contributed by atoms with Crippen molar-refractivity contribution in [3.63, 3.8) is 0 Å². The molecule has 88 valence electrons. The van der Waals surface area contributed by atoms with E-state index in [-0.39, 0.29) is 5.76 Å². The number of halogens is 1. The fraction of sp³-hybridized carbons (Fsp3) is 0.182. The van der Waals surface area contributed by atoms with Gasteiger partial charge in [0.25, 0.3) is 5.91 Å². The second-order valence-corrected chi connectivity index (χ2v) is 3.90. The zero-order valence-electron chi connectivity index (χ0n) is 9.32. The number of pyridine rings is 1. The molecule has 2 rings (SSSR count). The number of carbonyl (C=O) groups is 1. The van der Waals surface area contributed by atoms with E-state index in [1.165, 1.54) is 6.20 Å². The van der Waals surface area contributed by atoms with E-state index in [2.05, 4.69) is 15.3 Å². The number of aromatic nitrogens is 2. The molecule has 0 aliphatic rings. The molecule has 0 aliphatic carbocycles. The van der Waals surface area contributed by atoms with E-state index in [4.69, 9.17) is 16.0 Å². The Hall–Kier alpha value is -1.88. The van der Waals surface area contributed by atoms with Gasteiger partial charge in [0.15, 0.2) is 5.89 Å². The molecule has 0 saturated heterocycles. The van der Waals surface area contributed by atoms with Gasteiger partial charge in [0.2, 0.25) is 5.76 Å². The van der Waals surface area contributed by atoms with Crippen LogP contribution in [0.25, 0.3) is 0 Å². The van der Waals surface area contributed by atoms with Crippen molar-refractivity contribution in [2.45, 2.75) is 13.8 Å². The maximum atomic E-state index is 11.8. The van der Waals surface area contributed by atoms with Crippen LogP contribution in [0.4, 0.5) is 5.82 Å². The zero-order chi connectivity index (χ0) is 12.4. The molecule has 6 heteroatoms. The number of rotatable bonds is 2. The summed E-state index contributed by atoms with van der Waals surface area (Å²) in [4.78, 5) is 19.8. The van der Waals surface area contributed by atoms with Crippen LogP contribution in [0.2, 0.25) is 5.02 Å². The van der Waals surface area contributed by atoms with Crippen LogP contribution >= 0.6 is 11.6 Å². The van der Waals surface area contributed by atoms with Gasteiger partial charge in [-0.1, -0.05) is 11.6 Å². The molecule has 1 amide bonds. The number of aryl methyl sites for hydroxylation is 2. The van der Waals surface area contributed by atoms with Crippen LogP contribution in [0.3, 0.4) is 0 Å². The lowest BCUT2D eigenvalue weighted by Gasteiger charge is -2.02. The van der Waals surface area contributed by atoms with Gasteiger partial charge in [0.05, 0.1) is 5.69 Å². The molecule has 17 heavy (non-hydrogen) atoms. The molecule has 2 heterocycles. The Bertz CT molecular complexity index is 566. The molecule has 0 radical (unpaired) electrons. The van der Waals surface area contributed by atoms with Gasteiger partial charge in [-0.05, 0) is 19.1 Å². The fourth-order valence-corrected chi connectivity index (χ4v) is 1.55. The predicted octanol–water partition coefficient (Wildman–Crippen LogP) is 2.59. The lowest BCUT2D eigenvalue weighted by atomic mass is 10.3. The second-order valence-electron chi connectivity index (χ2n) is 3.46. The van der Waals surface area contributed by atoms with Crippen LogP contribution in [-0.4, -0.2) is 15.9 Å². The van der Waals surface area contributed by atoms with Gasteiger partial charge >= 0.3 is 0 Å². The van der Waals surface area contributed by atoms with Crippen molar-refractivity contribution in [1.82, 2.24) is 9.97 Å². The number of nitrogens with one attached hydrogen (secondary N) is 1. The first-order valence-corrected chi connectivity index (χ1v) is 5.31. The van der Waals surface area contributed by atoms with Crippen molar-refractivity contribution >= 4 is 23.3 Å². The molecule has 0 aliphatic heterocycles.